The summed E-state index contributed by atoms with van der Waals surface area (Å²) in [5, 5.41) is 3.44. The maximum absolute atomic E-state index is 5.34. The second-order valence-electron chi connectivity index (χ2n) is 5.51. The fourth-order valence-corrected chi connectivity index (χ4v) is 3.51. The maximum atomic E-state index is 5.34. The molecule has 1 aliphatic heterocycles. The van der Waals surface area contributed by atoms with Crippen LogP contribution >= 0.6 is 15.9 Å². The number of ether oxygens (including phenoxy) is 1. The second-order valence-corrected chi connectivity index (χ2v) is 6.36. The van der Waals surface area contributed by atoms with Crippen LogP contribution in [-0.4, -0.2) is 38.2 Å². The Hall–Kier alpha value is -0.580. The largest absolute Gasteiger partial charge is 0.496 e. The van der Waals surface area contributed by atoms with Crippen LogP contribution in [0.25, 0.3) is 0 Å². The molecular weight excluding hydrogens is 316 g/mol. The summed E-state index contributed by atoms with van der Waals surface area (Å²) in [6.45, 7) is 9.05. The average Bonchev–Trinajstić information content (AvgIpc) is 2.48. The van der Waals surface area contributed by atoms with Crippen LogP contribution in [0.5, 0.6) is 5.75 Å². The number of hydrogen-bond donors (Lipinski definition) is 1. The lowest BCUT2D eigenvalue weighted by atomic mass is 9.90. The maximum Gasteiger partial charge on any atom is 0.133 e. The first-order chi connectivity index (χ1) is 9.67. The van der Waals surface area contributed by atoms with Crippen LogP contribution < -0.4 is 10.1 Å². The summed E-state index contributed by atoms with van der Waals surface area (Å²) in [5.74, 6) is 1.55. The Labute approximate surface area is 130 Å². The van der Waals surface area contributed by atoms with Crippen LogP contribution in [0.3, 0.4) is 0 Å². The summed E-state index contributed by atoms with van der Waals surface area (Å²) in [6.07, 6.45) is 1.19. The van der Waals surface area contributed by atoms with Gasteiger partial charge in [-0.2, -0.15) is 0 Å². The first kappa shape index (κ1) is 15.8. The van der Waals surface area contributed by atoms with Gasteiger partial charge in [-0.1, -0.05) is 26.3 Å². The van der Waals surface area contributed by atoms with E-state index in [4.69, 9.17) is 4.74 Å². The van der Waals surface area contributed by atoms with E-state index in [9.17, 15) is 0 Å². The zero-order valence-electron chi connectivity index (χ0n) is 12.7. The van der Waals surface area contributed by atoms with Crippen molar-refractivity contribution in [1.82, 2.24) is 10.2 Å². The van der Waals surface area contributed by atoms with E-state index in [1.165, 1.54) is 12.0 Å². The molecule has 1 aromatic carbocycles. The number of benzene rings is 1. The first-order valence-electron chi connectivity index (χ1n) is 7.45. The van der Waals surface area contributed by atoms with Crippen LogP contribution in [0.1, 0.15) is 31.9 Å². The van der Waals surface area contributed by atoms with Crippen molar-refractivity contribution in [2.45, 2.75) is 26.3 Å². The molecule has 0 radical (unpaired) electrons. The van der Waals surface area contributed by atoms with Crippen molar-refractivity contribution in [3.63, 3.8) is 0 Å². The molecule has 2 atom stereocenters. The molecule has 0 spiro atoms. The summed E-state index contributed by atoms with van der Waals surface area (Å²) in [4.78, 5) is 2.61. The zero-order valence-corrected chi connectivity index (χ0v) is 14.2. The van der Waals surface area contributed by atoms with Gasteiger partial charge in [0.1, 0.15) is 5.75 Å². The molecule has 20 heavy (non-hydrogen) atoms. The molecule has 1 saturated heterocycles. The van der Waals surface area contributed by atoms with E-state index in [-0.39, 0.29) is 0 Å². The van der Waals surface area contributed by atoms with E-state index in [2.05, 4.69) is 58.2 Å². The molecule has 0 aliphatic carbocycles. The van der Waals surface area contributed by atoms with Crippen molar-refractivity contribution in [2.75, 3.05) is 33.3 Å². The van der Waals surface area contributed by atoms with Gasteiger partial charge in [0.25, 0.3) is 0 Å². The van der Waals surface area contributed by atoms with Crippen LogP contribution in [0.2, 0.25) is 0 Å². The van der Waals surface area contributed by atoms with Gasteiger partial charge in [0.15, 0.2) is 0 Å². The fraction of sp³-hybridized carbons (Fsp3) is 0.625. The van der Waals surface area contributed by atoms with Gasteiger partial charge in [0, 0.05) is 32.2 Å². The number of methoxy groups -OCH3 is 1. The number of piperazine rings is 1. The van der Waals surface area contributed by atoms with Crippen molar-refractivity contribution >= 4 is 15.9 Å². The molecule has 0 saturated carbocycles. The number of nitrogens with zero attached hydrogens (tertiary/aromatic N) is 1. The van der Waals surface area contributed by atoms with Gasteiger partial charge in [0.2, 0.25) is 0 Å². The quantitative estimate of drug-likeness (QED) is 0.888. The average molecular weight is 341 g/mol. The van der Waals surface area contributed by atoms with Gasteiger partial charge >= 0.3 is 0 Å². The third-order valence-corrected chi connectivity index (χ3v) is 4.87. The first-order valence-corrected chi connectivity index (χ1v) is 8.24. The normalized spacial score (nSPS) is 19.6. The molecule has 0 aromatic heterocycles. The third kappa shape index (κ3) is 3.54. The highest BCUT2D eigenvalue weighted by molar-refractivity contribution is 9.10. The standard InChI is InChI=1S/C16H25BrN2O/c1-4-12(2)16(19-9-7-18-8-10-19)13-5-6-15(20-3)14(17)11-13/h5-6,11-12,16,18H,4,7-10H2,1-3H3/t12?,16-/m1/s1. The summed E-state index contributed by atoms with van der Waals surface area (Å²) in [7, 11) is 1.71. The third-order valence-electron chi connectivity index (χ3n) is 4.25. The van der Waals surface area contributed by atoms with Crippen molar-refractivity contribution < 1.29 is 4.74 Å². The molecule has 112 valence electrons. The Balaban J connectivity index is 2.27. The van der Waals surface area contributed by atoms with Crippen molar-refractivity contribution in [1.29, 1.82) is 0 Å². The Kier molecular flexibility index (Phi) is 5.87. The molecule has 1 unspecified atom stereocenters. The van der Waals surface area contributed by atoms with Gasteiger partial charge < -0.3 is 10.1 Å². The van der Waals surface area contributed by atoms with Crippen molar-refractivity contribution in [3.8, 4) is 5.75 Å². The van der Waals surface area contributed by atoms with Gasteiger partial charge in [-0.15, -0.1) is 0 Å². The van der Waals surface area contributed by atoms with Gasteiger partial charge in [-0.3, -0.25) is 4.90 Å². The van der Waals surface area contributed by atoms with Gasteiger partial charge in [-0.25, -0.2) is 0 Å². The van der Waals surface area contributed by atoms with Crippen LogP contribution in [-0.2, 0) is 0 Å². The van der Waals surface area contributed by atoms with Gasteiger partial charge in [0.05, 0.1) is 11.6 Å². The second kappa shape index (κ2) is 7.43. The molecule has 1 heterocycles. The highest BCUT2D eigenvalue weighted by Crippen LogP contribution is 2.35. The molecule has 0 amide bonds. The van der Waals surface area contributed by atoms with Gasteiger partial charge in [-0.05, 0) is 39.5 Å². The Bertz CT molecular complexity index is 432. The number of hydrogen-bond acceptors (Lipinski definition) is 3. The van der Waals surface area contributed by atoms with Crippen molar-refractivity contribution in [2.24, 2.45) is 5.92 Å². The summed E-state index contributed by atoms with van der Waals surface area (Å²) in [5.41, 5.74) is 1.38. The van der Waals surface area contributed by atoms with Crippen LogP contribution in [0, 0.1) is 5.92 Å². The Morgan fingerprint density at radius 2 is 2.05 bits per heavy atom. The topological polar surface area (TPSA) is 24.5 Å². The predicted molar refractivity (Wildman–Crippen MR) is 87.3 cm³/mol. The highest BCUT2D eigenvalue weighted by atomic mass is 79.9. The minimum absolute atomic E-state index is 0.490. The summed E-state index contributed by atoms with van der Waals surface area (Å²) >= 11 is 3.61. The molecule has 1 aliphatic rings. The lowest BCUT2D eigenvalue weighted by molar-refractivity contribution is 0.128. The van der Waals surface area contributed by atoms with Crippen LogP contribution in [0.15, 0.2) is 22.7 Å². The lowest BCUT2D eigenvalue weighted by Crippen LogP contribution is -2.46. The molecular formula is C16H25BrN2O. The number of halogens is 1. The highest BCUT2D eigenvalue weighted by Gasteiger charge is 2.26. The molecule has 0 bridgehead atoms. The number of nitrogens with one attached hydrogen (secondary N) is 1. The molecule has 4 heteroatoms. The SMILES string of the molecule is CCC(C)[C@H](c1ccc(OC)c(Br)c1)N1CCNCC1. The number of rotatable bonds is 5. The lowest BCUT2D eigenvalue weighted by Gasteiger charge is -2.38. The van der Waals surface area contributed by atoms with E-state index in [0.29, 0.717) is 12.0 Å². The Morgan fingerprint density at radius 3 is 2.60 bits per heavy atom. The molecule has 1 N–H and O–H groups in total. The molecule has 1 fully saturated rings. The van der Waals surface area contributed by atoms with Crippen molar-refractivity contribution in [3.05, 3.63) is 28.2 Å². The minimum atomic E-state index is 0.490. The smallest absolute Gasteiger partial charge is 0.133 e. The van der Waals surface area contributed by atoms with E-state index < -0.39 is 0 Å². The molecule has 3 nitrogen and oxygen atoms in total. The zero-order chi connectivity index (χ0) is 14.5. The summed E-state index contributed by atoms with van der Waals surface area (Å²) < 4.78 is 6.38. The molecule has 2 rings (SSSR count). The minimum Gasteiger partial charge on any atom is -0.496 e. The van der Waals surface area contributed by atoms with E-state index >= 15 is 0 Å². The van der Waals surface area contributed by atoms with Crippen LogP contribution in [0.4, 0.5) is 0 Å². The fourth-order valence-electron chi connectivity index (χ4n) is 2.95. The van der Waals surface area contributed by atoms with E-state index in [1.807, 2.05) is 0 Å². The monoisotopic (exact) mass is 340 g/mol. The predicted octanol–water partition coefficient (Wildman–Crippen LogP) is 3.45. The van der Waals surface area contributed by atoms with E-state index in [1.54, 1.807) is 7.11 Å². The van der Waals surface area contributed by atoms with E-state index in [0.717, 1.165) is 36.4 Å². The summed E-state index contributed by atoms with van der Waals surface area (Å²) in [6, 6.07) is 6.99. The Morgan fingerprint density at radius 1 is 1.35 bits per heavy atom. The molecule has 1 aromatic rings.